The monoisotopic (exact) mass is 297 g/mol. The van der Waals surface area contributed by atoms with Crippen LogP contribution in [0.4, 0.5) is 0 Å². The molecule has 0 spiro atoms. The maximum absolute atomic E-state index is 9.23. The molecular formula is C16H20BN3O2. The summed E-state index contributed by atoms with van der Waals surface area (Å²) in [5.41, 5.74) is 2.96. The summed E-state index contributed by atoms with van der Waals surface area (Å²) in [6.45, 7) is 4.97. The van der Waals surface area contributed by atoms with Gasteiger partial charge in [0.1, 0.15) is 5.82 Å². The zero-order chi connectivity index (χ0) is 15.7. The molecule has 0 aromatic carbocycles. The Bertz CT molecular complexity index is 734. The SMILES string of the molecule is CC(C)c1nc2ncccc2n1CC1=CCC(B(O)O)C=C1. The van der Waals surface area contributed by atoms with Gasteiger partial charge in [0.2, 0.25) is 0 Å². The second kappa shape index (κ2) is 6.06. The topological polar surface area (TPSA) is 71.2 Å². The molecular weight excluding hydrogens is 277 g/mol. The largest absolute Gasteiger partial charge is 0.459 e. The number of hydrogen-bond donors (Lipinski definition) is 2. The minimum absolute atomic E-state index is 0.213. The first-order valence-electron chi connectivity index (χ1n) is 7.60. The zero-order valence-corrected chi connectivity index (χ0v) is 12.8. The fourth-order valence-electron chi connectivity index (χ4n) is 2.79. The van der Waals surface area contributed by atoms with Crippen LogP contribution in [0, 0.1) is 0 Å². The van der Waals surface area contributed by atoms with Gasteiger partial charge in [-0.1, -0.05) is 32.1 Å². The van der Waals surface area contributed by atoms with Crippen molar-refractivity contribution >= 4 is 18.3 Å². The Morgan fingerprint density at radius 3 is 2.86 bits per heavy atom. The molecule has 0 saturated heterocycles. The van der Waals surface area contributed by atoms with Crippen LogP contribution in [0.1, 0.15) is 32.0 Å². The van der Waals surface area contributed by atoms with Crippen LogP contribution in [-0.4, -0.2) is 31.7 Å². The Hall–Kier alpha value is -1.92. The van der Waals surface area contributed by atoms with E-state index in [9.17, 15) is 10.0 Å². The van der Waals surface area contributed by atoms with Gasteiger partial charge in [-0.2, -0.15) is 0 Å². The van der Waals surface area contributed by atoms with E-state index in [1.807, 2.05) is 24.3 Å². The highest BCUT2D eigenvalue weighted by molar-refractivity contribution is 6.44. The highest BCUT2D eigenvalue weighted by atomic mass is 16.4. The number of hydrogen-bond acceptors (Lipinski definition) is 4. The minimum Gasteiger partial charge on any atom is -0.427 e. The number of nitrogens with zero attached hydrogens (tertiary/aromatic N) is 3. The quantitative estimate of drug-likeness (QED) is 0.849. The van der Waals surface area contributed by atoms with Crippen molar-refractivity contribution in [3.8, 4) is 0 Å². The maximum atomic E-state index is 9.23. The van der Waals surface area contributed by atoms with E-state index in [0.717, 1.165) is 29.1 Å². The third kappa shape index (κ3) is 2.84. The fourth-order valence-corrected chi connectivity index (χ4v) is 2.79. The number of imidazole rings is 1. The van der Waals surface area contributed by atoms with Crippen molar-refractivity contribution in [3.63, 3.8) is 0 Å². The van der Waals surface area contributed by atoms with Crippen LogP contribution in [0.5, 0.6) is 0 Å². The van der Waals surface area contributed by atoms with Crippen molar-refractivity contribution < 1.29 is 10.0 Å². The van der Waals surface area contributed by atoms with Gasteiger partial charge in [0, 0.05) is 24.5 Å². The van der Waals surface area contributed by atoms with Crippen molar-refractivity contribution in [3.05, 3.63) is 48.0 Å². The normalized spacial score (nSPS) is 18.0. The molecule has 0 saturated carbocycles. The zero-order valence-electron chi connectivity index (χ0n) is 12.8. The van der Waals surface area contributed by atoms with Gasteiger partial charge < -0.3 is 14.6 Å². The van der Waals surface area contributed by atoms with Gasteiger partial charge in [-0.15, -0.1) is 0 Å². The van der Waals surface area contributed by atoms with Gasteiger partial charge in [-0.05, 0) is 24.1 Å². The molecule has 2 N–H and O–H groups in total. The first-order valence-corrected chi connectivity index (χ1v) is 7.60. The Labute approximate surface area is 130 Å². The molecule has 1 aliphatic carbocycles. The van der Waals surface area contributed by atoms with Crippen LogP contribution >= 0.6 is 0 Å². The lowest BCUT2D eigenvalue weighted by Crippen LogP contribution is -2.19. The number of rotatable bonds is 4. The van der Waals surface area contributed by atoms with Crippen molar-refractivity contribution in [2.45, 2.75) is 38.5 Å². The molecule has 22 heavy (non-hydrogen) atoms. The van der Waals surface area contributed by atoms with Crippen LogP contribution in [0.15, 0.2) is 42.1 Å². The van der Waals surface area contributed by atoms with Crippen molar-refractivity contribution in [1.82, 2.24) is 14.5 Å². The molecule has 114 valence electrons. The Balaban J connectivity index is 1.91. The number of pyridine rings is 1. The molecule has 6 heteroatoms. The van der Waals surface area contributed by atoms with Gasteiger partial charge in [0.25, 0.3) is 0 Å². The molecule has 0 aliphatic heterocycles. The van der Waals surface area contributed by atoms with Crippen LogP contribution < -0.4 is 0 Å². The first-order chi connectivity index (χ1) is 10.6. The lowest BCUT2D eigenvalue weighted by Gasteiger charge is -2.17. The van der Waals surface area contributed by atoms with Crippen molar-refractivity contribution in [2.24, 2.45) is 0 Å². The minimum atomic E-state index is -1.29. The molecule has 0 radical (unpaired) electrons. The van der Waals surface area contributed by atoms with E-state index in [1.54, 1.807) is 6.20 Å². The van der Waals surface area contributed by atoms with Crippen LogP contribution in [0.25, 0.3) is 11.2 Å². The second-order valence-electron chi connectivity index (χ2n) is 6.01. The lowest BCUT2D eigenvalue weighted by atomic mass is 9.69. The average Bonchev–Trinajstić information content (AvgIpc) is 2.87. The predicted octanol–water partition coefficient (Wildman–Crippen LogP) is 2.28. The molecule has 2 aromatic rings. The fraction of sp³-hybridized carbons (Fsp3) is 0.375. The Morgan fingerprint density at radius 1 is 1.41 bits per heavy atom. The standard InChI is InChI=1S/C16H20BN3O2/c1-11(2)16-19-15-14(4-3-9-18-15)20(16)10-12-5-7-13(8-6-12)17(21)22/h3-7,9,11,13,21-22H,8,10H2,1-2H3. The summed E-state index contributed by atoms with van der Waals surface area (Å²) >= 11 is 0. The van der Waals surface area contributed by atoms with E-state index >= 15 is 0 Å². The predicted molar refractivity (Wildman–Crippen MR) is 87.4 cm³/mol. The van der Waals surface area contributed by atoms with Crippen LogP contribution in [0.3, 0.4) is 0 Å². The summed E-state index contributed by atoms with van der Waals surface area (Å²) < 4.78 is 2.19. The van der Waals surface area contributed by atoms with Crippen molar-refractivity contribution in [1.29, 1.82) is 0 Å². The van der Waals surface area contributed by atoms with E-state index in [1.165, 1.54) is 0 Å². The van der Waals surface area contributed by atoms with Gasteiger partial charge in [0.15, 0.2) is 5.65 Å². The summed E-state index contributed by atoms with van der Waals surface area (Å²) in [7, 11) is -1.29. The molecule has 2 heterocycles. The molecule has 0 fully saturated rings. The molecule has 5 nitrogen and oxygen atoms in total. The van der Waals surface area contributed by atoms with E-state index in [0.29, 0.717) is 12.3 Å². The van der Waals surface area contributed by atoms with Gasteiger partial charge in [-0.3, -0.25) is 0 Å². The molecule has 1 unspecified atom stereocenters. The van der Waals surface area contributed by atoms with Gasteiger partial charge in [-0.25, -0.2) is 9.97 Å². The molecule has 2 aromatic heterocycles. The molecule has 0 amide bonds. The highest BCUT2D eigenvalue weighted by Gasteiger charge is 2.22. The summed E-state index contributed by atoms with van der Waals surface area (Å²) in [6, 6.07) is 3.96. The summed E-state index contributed by atoms with van der Waals surface area (Å²) in [6.07, 6.45) is 8.31. The Morgan fingerprint density at radius 2 is 2.23 bits per heavy atom. The molecule has 1 atom stereocenters. The highest BCUT2D eigenvalue weighted by Crippen LogP contribution is 2.26. The van der Waals surface area contributed by atoms with E-state index < -0.39 is 7.12 Å². The van der Waals surface area contributed by atoms with Crippen LogP contribution in [0.2, 0.25) is 5.82 Å². The molecule has 3 rings (SSSR count). The second-order valence-corrected chi connectivity index (χ2v) is 6.01. The Kier molecular flexibility index (Phi) is 4.13. The summed E-state index contributed by atoms with van der Waals surface area (Å²) in [5, 5.41) is 18.5. The van der Waals surface area contributed by atoms with Gasteiger partial charge in [0.05, 0.1) is 5.52 Å². The molecule has 1 aliphatic rings. The maximum Gasteiger partial charge on any atom is 0.459 e. The van der Waals surface area contributed by atoms with E-state index in [4.69, 9.17) is 0 Å². The third-order valence-corrected chi connectivity index (χ3v) is 4.00. The third-order valence-electron chi connectivity index (χ3n) is 4.00. The average molecular weight is 297 g/mol. The lowest BCUT2D eigenvalue weighted by molar-refractivity contribution is 0.394. The summed E-state index contributed by atoms with van der Waals surface area (Å²) in [4.78, 5) is 8.98. The van der Waals surface area contributed by atoms with Crippen molar-refractivity contribution in [2.75, 3.05) is 0 Å². The smallest absolute Gasteiger partial charge is 0.427 e. The van der Waals surface area contributed by atoms with Crippen LogP contribution in [-0.2, 0) is 6.54 Å². The van der Waals surface area contributed by atoms with E-state index in [-0.39, 0.29) is 5.82 Å². The number of fused-ring (bicyclic) bond motifs is 1. The van der Waals surface area contributed by atoms with E-state index in [2.05, 4.69) is 34.5 Å². The molecule has 0 bridgehead atoms. The summed E-state index contributed by atoms with van der Waals surface area (Å²) in [5.74, 6) is 1.12. The number of aromatic nitrogens is 3. The van der Waals surface area contributed by atoms with Gasteiger partial charge >= 0.3 is 7.12 Å². The number of allylic oxidation sites excluding steroid dienone is 4. The first kappa shape index (κ1) is 15.0.